The first-order valence-electron chi connectivity index (χ1n) is 7.96. The summed E-state index contributed by atoms with van der Waals surface area (Å²) in [5, 5.41) is 0. The smallest absolute Gasteiger partial charge is 0.279 e. The van der Waals surface area contributed by atoms with Crippen LogP contribution in [-0.4, -0.2) is 38.9 Å². The van der Waals surface area contributed by atoms with E-state index in [1.54, 1.807) is 4.31 Å². The zero-order valence-corrected chi connectivity index (χ0v) is 13.4. The van der Waals surface area contributed by atoms with Crippen LogP contribution in [-0.2, 0) is 10.2 Å². The third kappa shape index (κ3) is 3.72. The van der Waals surface area contributed by atoms with E-state index >= 15 is 0 Å². The van der Waals surface area contributed by atoms with Crippen LogP contribution in [0.2, 0.25) is 0 Å². The molecule has 0 spiro atoms. The predicted molar refractivity (Wildman–Crippen MR) is 81.5 cm³/mol. The van der Waals surface area contributed by atoms with Crippen molar-refractivity contribution in [1.82, 2.24) is 9.03 Å². The Morgan fingerprint density at radius 2 is 1.85 bits per heavy atom. The van der Waals surface area contributed by atoms with Gasteiger partial charge in [-0.15, -0.1) is 0 Å². The quantitative estimate of drug-likeness (QED) is 0.780. The Labute approximate surface area is 123 Å². The fourth-order valence-electron chi connectivity index (χ4n) is 3.50. The number of hydrogen-bond acceptors (Lipinski definition) is 3. The molecule has 0 aromatic carbocycles. The Morgan fingerprint density at radius 1 is 1.25 bits per heavy atom. The van der Waals surface area contributed by atoms with Crippen LogP contribution in [0.3, 0.4) is 0 Å². The lowest BCUT2D eigenvalue weighted by atomic mass is 9.84. The van der Waals surface area contributed by atoms with Crippen molar-refractivity contribution in [3.8, 4) is 0 Å². The van der Waals surface area contributed by atoms with Crippen LogP contribution in [0.4, 0.5) is 0 Å². The molecule has 0 unspecified atom stereocenters. The van der Waals surface area contributed by atoms with Crippen molar-refractivity contribution in [2.45, 2.75) is 51.9 Å². The summed E-state index contributed by atoms with van der Waals surface area (Å²) in [7, 11) is -3.31. The van der Waals surface area contributed by atoms with Gasteiger partial charge in [0.25, 0.3) is 10.2 Å². The molecule has 0 atom stereocenters. The molecule has 20 heavy (non-hydrogen) atoms. The summed E-state index contributed by atoms with van der Waals surface area (Å²) >= 11 is 0. The molecular weight excluding hydrogens is 274 g/mol. The van der Waals surface area contributed by atoms with Crippen LogP contribution in [0.15, 0.2) is 0 Å². The molecule has 0 aromatic heterocycles. The van der Waals surface area contributed by atoms with Crippen LogP contribution >= 0.6 is 0 Å². The van der Waals surface area contributed by atoms with E-state index < -0.39 is 10.2 Å². The zero-order valence-electron chi connectivity index (χ0n) is 12.6. The molecule has 0 amide bonds. The number of nitrogens with one attached hydrogen (secondary N) is 1. The van der Waals surface area contributed by atoms with Gasteiger partial charge in [0.15, 0.2) is 0 Å². The molecule has 0 bridgehead atoms. The third-order valence-electron chi connectivity index (χ3n) is 5.29. The van der Waals surface area contributed by atoms with Gasteiger partial charge in [-0.25, -0.2) is 4.72 Å². The molecule has 1 aliphatic carbocycles. The van der Waals surface area contributed by atoms with E-state index in [-0.39, 0.29) is 5.41 Å². The minimum absolute atomic E-state index is 0.197. The second-order valence-electron chi connectivity index (χ2n) is 6.46. The maximum atomic E-state index is 12.4. The molecule has 6 heteroatoms. The highest BCUT2D eigenvalue weighted by Crippen LogP contribution is 2.40. The van der Waals surface area contributed by atoms with Crippen LogP contribution in [0.1, 0.15) is 51.9 Å². The van der Waals surface area contributed by atoms with Gasteiger partial charge >= 0.3 is 0 Å². The molecule has 1 saturated carbocycles. The standard InChI is InChI=1S/C14H29N3O2S/c1-2-14(7-3-4-8-14)12-16-20(18,19)17-9-5-13(11-15)6-10-17/h13,16H,2-12,15H2,1H3. The fraction of sp³-hybridized carbons (Fsp3) is 1.00. The number of piperidine rings is 1. The van der Waals surface area contributed by atoms with Gasteiger partial charge in [0, 0.05) is 19.6 Å². The summed E-state index contributed by atoms with van der Waals surface area (Å²) < 4.78 is 29.2. The van der Waals surface area contributed by atoms with Crippen molar-refractivity contribution in [2.75, 3.05) is 26.2 Å². The minimum atomic E-state index is -3.31. The molecule has 3 N–H and O–H groups in total. The van der Waals surface area contributed by atoms with E-state index in [0.29, 0.717) is 32.1 Å². The first kappa shape index (κ1) is 16.2. The average molecular weight is 303 g/mol. The predicted octanol–water partition coefficient (Wildman–Crippen LogP) is 1.46. The number of nitrogens with zero attached hydrogens (tertiary/aromatic N) is 1. The Kier molecular flexibility index (Phi) is 5.45. The molecule has 2 rings (SSSR count). The van der Waals surface area contributed by atoms with Gasteiger partial charge in [-0.3, -0.25) is 0 Å². The Bertz CT molecular complexity index is 397. The fourth-order valence-corrected chi connectivity index (χ4v) is 4.86. The second kappa shape index (κ2) is 6.73. The molecule has 0 radical (unpaired) electrons. The summed E-state index contributed by atoms with van der Waals surface area (Å²) in [4.78, 5) is 0. The van der Waals surface area contributed by atoms with Crippen molar-refractivity contribution in [2.24, 2.45) is 17.1 Å². The molecule has 1 saturated heterocycles. The molecule has 1 aliphatic heterocycles. The van der Waals surface area contributed by atoms with Crippen molar-refractivity contribution >= 4 is 10.2 Å². The largest absolute Gasteiger partial charge is 0.330 e. The van der Waals surface area contributed by atoms with Crippen LogP contribution in [0.5, 0.6) is 0 Å². The van der Waals surface area contributed by atoms with Gasteiger partial charge in [-0.1, -0.05) is 19.8 Å². The summed E-state index contributed by atoms with van der Waals surface area (Å²) in [5.74, 6) is 0.485. The highest BCUT2D eigenvalue weighted by molar-refractivity contribution is 7.87. The molecule has 2 aliphatic rings. The molecule has 0 aromatic rings. The lowest BCUT2D eigenvalue weighted by molar-refractivity contribution is 0.261. The van der Waals surface area contributed by atoms with E-state index in [0.717, 1.165) is 32.1 Å². The maximum Gasteiger partial charge on any atom is 0.279 e. The van der Waals surface area contributed by atoms with Crippen molar-refractivity contribution in [1.29, 1.82) is 0 Å². The highest BCUT2D eigenvalue weighted by atomic mass is 32.2. The normalized spacial score (nSPS) is 25.1. The Hall–Kier alpha value is -0.170. The van der Waals surface area contributed by atoms with Crippen molar-refractivity contribution in [3.05, 3.63) is 0 Å². The number of rotatable bonds is 6. The monoisotopic (exact) mass is 303 g/mol. The molecule has 118 valence electrons. The van der Waals surface area contributed by atoms with Crippen molar-refractivity contribution in [3.63, 3.8) is 0 Å². The Balaban J connectivity index is 1.88. The van der Waals surface area contributed by atoms with Gasteiger partial charge in [0.05, 0.1) is 0 Å². The minimum Gasteiger partial charge on any atom is -0.330 e. The van der Waals surface area contributed by atoms with Gasteiger partial charge in [0.1, 0.15) is 0 Å². The van der Waals surface area contributed by atoms with Crippen molar-refractivity contribution < 1.29 is 8.42 Å². The van der Waals surface area contributed by atoms with E-state index in [2.05, 4.69) is 11.6 Å². The molecule has 1 heterocycles. The number of hydrogen-bond donors (Lipinski definition) is 2. The van der Waals surface area contributed by atoms with Gasteiger partial charge in [-0.2, -0.15) is 12.7 Å². The van der Waals surface area contributed by atoms with E-state index in [9.17, 15) is 8.42 Å². The lowest BCUT2D eigenvalue weighted by Gasteiger charge is -2.33. The maximum absolute atomic E-state index is 12.4. The second-order valence-corrected chi connectivity index (χ2v) is 8.22. The highest BCUT2D eigenvalue weighted by Gasteiger charge is 2.35. The van der Waals surface area contributed by atoms with Gasteiger partial charge in [0.2, 0.25) is 0 Å². The van der Waals surface area contributed by atoms with E-state index in [1.165, 1.54) is 12.8 Å². The number of nitrogens with two attached hydrogens (primary N) is 1. The van der Waals surface area contributed by atoms with Crippen LogP contribution in [0, 0.1) is 11.3 Å². The zero-order chi connectivity index (χ0) is 14.6. The van der Waals surface area contributed by atoms with E-state index in [1.807, 2.05) is 0 Å². The molecular formula is C14H29N3O2S. The summed E-state index contributed by atoms with van der Waals surface area (Å²) in [6.45, 7) is 4.65. The van der Waals surface area contributed by atoms with Gasteiger partial charge < -0.3 is 5.73 Å². The summed E-state index contributed by atoms with van der Waals surface area (Å²) in [6.07, 6.45) is 7.61. The Morgan fingerprint density at radius 3 is 2.35 bits per heavy atom. The molecule has 2 fully saturated rings. The molecule has 5 nitrogen and oxygen atoms in total. The summed E-state index contributed by atoms with van der Waals surface area (Å²) in [6, 6.07) is 0. The van der Waals surface area contributed by atoms with Gasteiger partial charge in [-0.05, 0) is 50.0 Å². The first-order chi connectivity index (χ1) is 9.51. The van der Waals surface area contributed by atoms with Crippen LogP contribution < -0.4 is 10.5 Å². The summed E-state index contributed by atoms with van der Waals surface area (Å²) in [5.41, 5.74) is 5.85. The average Bonchev–Trinajstić information content (AvgIpc) is 2.95. The lowest BCUT2D eigenvalue weighted by Crippen LogP contribution is -2.48. The SMILES string of the molecule is CCC1(CNS(=O)(=O)N2CCC(CN)CC2)CCCC1. The van der Waals surface area contributed by atoms with E-state index in [4.69, 9.17) is 5.73 Å². The topological polar surface area (TPSA) is 75.4 Å². The first-order valence-corrected chi connectivity index (χ1v) is 9.40. The van der Waals surface area contributed by atoms with Crippen LogP contribution in [0.25, 0.3) is 0 Å². The third-order valence-corrected chi connectivity index (χ3v) is 6.84.